The normalized spacial score (nSPS) is 9.50. The summed E-state index contributed by atoms with van der Waals surface area (Å²) in [5.41, 5.74) is 0. The van der Waals surface area contributed by atoms with Crippen LogP contribution < -0.4 is 18.9 Å². The van der Waals surface area contributed by atoms with Crippen LogP contribution in [0, 0.1) is 6.42 Å². The van der Waals surface area contributed by atoms with E-state index in [2.05, 4.69) is 20.3 Å². The number of hydrogen-bond acceptors (Lipinski definition) is 2. The van der Waals surface area contributed by atoms with Crippen molar-refractivity contribution in [3.8, 4) is 0 Å². The molecule has 68 valence electrons. The van der Waals surface area contributed by atoms with Crippen LogP contribution in [0.3, 0.4) is 0 Å². The zero-order chi connectivity index (χ0) is 8.36. The molecule has 0 amide bonds. The fraction of sp³-hybridized carbons (Fsp3) is 0.889. The molecule has 0 rings (SSSR count). The van der Waals surface area contributed by atoms with Crippen molar-refractivity contribution in [3.05, 3.63) is 6.42 Å². The van der Waals surface area contributed by atoms with Crippen molar-refractivity contribution >= 4 is 0 Å². The van der Waals surface area contributed by atoms with Gasteiger partial charge in [0.2, 0.25) is 0 Å². The van der Waals surface area contributed by atoms with E-state index in [0.29, 0.717) is 6.79 Å². The molecular weight excluding hydrogens is 147 g/mol. The van der Waals surface area contributed by atoms with Crippen molar-refractivity contribution in [2.75, 3.05) is 20.0 Å². The molecule has 0 saturated heterocycles. The van der Waals surface area contributed by atoms with E-state index in [9.17, 15) is 0 Å². The van der Waals surface area contributed by atoms with Gasteiger partial charge in [-0.1, -0.05) is 13.3 Å². The molecule has 0 atom stereocenters. The predicted octanol–water partition coefficient (Wildman–Crippen LogP) is -0.605. The van der Waals surface area contributed by atoms with E-state index in [1.165, 1.54) is 0 Å². The Kier molecular flexibility index (Phi) is 17.6. The van der Waals surface area contributed by atoms with Gasteiger partial charge in [0.25, 0.3) is 0 Å². The van der Waals surface area contributed by atoms with Gasteiger partial charge in [0, 0.05) is 13.2 Å². The van der Waals surface area contributed by atoms with Crippen LogP contribution in [0.25, 0.3) is 0 Å². The Hall–Kier alpha value is 0.517. The quantitative estimate of drug-likeness (QED) is 0.207. The number of hydrogen-bond donors (Lipinski definition) is 0. The average molecular weight is 166 g/mol. The molecule has 0 aliphatic carbocycles. The maximum absolute atomic E-state index is 5.20. The Morgan fingerprint density at radius 2 is 1.83 bits per heavy atom. The second-order valence-corrected chi connectivity index (χ2v) is 2.48. The first kappa shape index (κ1) is 15.0. The Morgan fingerprint density at radius 3 is 2.42 bits per heavy atom. The van der Waals surface area contributed by atoms with Gasteiger partial charge in [-0.15, -0.1) is 0 Å². The molecule has 0 spiro atoms. The molecule has 0 aliphatic heterocycles. The van der Waals surface area contributed by atoms with E-state index >= 15 is 0 Å². The van der Waals surface area contributed by atoms with Gasteiger partial charge in [-0.25, -0.2) is 0 Å². The van der Waals surface area contributed by atoms with Crippen molar-refractivity contribution in [2.45, 2.75) is 33.1 Å². The average Bonchev–Trinajstić information content (AvgIpc) is 2.03. The first-order valence-corrected chi connectivity index (χ1v) is 4.35. The molecule has 0 unspecified atom stereocenters. The minimum Gasteiger partial charge on any atom is -0.356 e. The molecular formula is C9H19LiO2. The molecule has 0 aromatic heterocycles. The van der Waals surface area contributed by atoms with Gasteiger partial charge in [-0.3, -0.25) is 0 Å². The molecule has 0 radical (unpaired) electrons. The van der Waals surface area contributed by atoms with Crippen LogP contribution in [-0.4, -0.2) is 20.0 Å². The van der Waals surface area contributed by atoms with Crippen LogP contribution in [0.4, 0.5) is 0 Å². The van der Waals surface area contributed by atoms with Crippen molar-refractivity contribution < 1.29 is 28.3 Å². The SMILES string of the molecule is C[CH-]CCCOCOCCC.[Li+]. The molecule has 3 heteroatoms. The smallest absolute Gasteiger partial charge is 0.356 e. The largest absolute Gasteiger partial charge is 1.00 e. The molecule has 0 bridgehead atoms. The second-order valence-electron chi connectivity index (χ2n) is 2.48. The summed E-state index contributed by atoms with van der Waals surface area (Å²) < 4.78 is 10.3. The molecule has 0 saturated carbocycles. The van der Waals surface area contributed by atoms with E-state index in [1.807, 2.05) is 0 Å². The summed E-state index contributed by atoms with van der Waals surface area (Å²) in [7, 11) is 0. The van der Waals surface area contributed by atoms with Crippen molar-refractivity contribution in [2.24, 2.45) is 0 Å². The molecule has 0 N–H and O–H groups in total. The summed E-state index contributed by atoms with van der Waals surface area (Å²) in [6.45, 7) is 6.23. The third-order valence-corrected chi connectivity index (χ3v) is 1.30. The fourth-order valence-corrected chi connectivity index (χ4v) is 0.711. The Bertz CT molecular complexity index is 61.5. The van der Waals surface area contributed by atoms with Gasteiger partial charge in [-0.05, 0) is 6.42 Å². The van der Waals surface area contributed by atoms with Crippen LogP contribution in [-0.2, 0) is 9.47 Å². The first-order chi connectivity index (χ1) is 5.41. The van der Waals surface area contributed by atoms with Crippen LogP contribution in [0.1, 0.15) is 33.1 Å². The van der Waals surface area contributed by atoms with E-state index < -0.39 is 0 Å². The second kappa shape index (κ2) is 14.1. The molecule has 0 aromatic carbocycles. The third-order valence-electron chi connectivity index (χ3n) is 1.30. The predicted molar refractivity (Wildman–Crippen MR) is 46.3 cm³/mol. The van der Waals surface area contributed by atoms with Crippen LogP contribution in [0.2, 0.25) is 0 Å². The van der Waals surface area contributed by atoms with Crippen molar-refractivity contribution in [1.82, 2.24) is 0 Å². The van der Waals surface area contributed by atoms with E-state index in [0.717, 1.165) is 32.5 Å². The monoisotopic (exact) mass is 166 g/mol. The van der Waals surface area contributed by atoms with Gasteiger partial charge in [0.05, 0.1) is 0 Å². The van der Waals surface area contributed by atoms with Gasteiger partial charge in [-0.2, -0.15) is 13.3 Å². The number of ether oxygens (including phenoxy) is 2. The summed E-state index contributed by atoms with van der Waals surface area (Å²) >= 11 is 0. The number of unbranched alkanes of at least 4 members (excludes halogenated alkanes) is 2. The standard InChI is InChI=1S/C9H19O2.Li/c1-3-5-6-8-11-9-10-7-4-2;/h3H,4-9H2,1-2H3;/q-1;+1. The van der Waals surface area contributed by atoms with E-state index in [1.54, 1.807) is 0 Å². The molecule has 0 aromatic rings. The molecule has 12 heavy (non-hydrogen) atoms. The van der Waals surface area contributed by atoms with Crippen molar-refractivity contribution in [1.29, 1.82) is 0 Å². The van der Waals surface area contributed by atoms with Gasteiger partial charge in [0.1, 0.15) is 6.79 Å². The van der Waals surface area contributed by atoms with Gasteiger partial charge < -0.3 is 15.9 Å². The van der Waals surface area contributed by atoms with E-state index in [4.69, 9.17) is 9.47 Å². The zero-order valence-electron chi connectivity index (χ0n) is 8.64. The molecule has 0 aliphatic rings. The third kappa shape index (κ3) is 13.1. The van der Waals surface area contributed by atoms with Crippen molar-refractivity contribution in [3.63, 3.8) is 0 Å². The summed E-state index contributed by atoms with van der Waals surface area (Å²) in [5, 5.41) is 0. The zero-order valence-corrected chi connectivity index (χ0v) is 8.64. The topological polar surface area (TPSA) is 18.5 Å². The summed E-state index contributed by atoms with van der Waals surface area (Å²) in [6.07, 6.45) is 5.45. The first-order valence-electron chi connectivity index (χ1n) is 4.35. The van der Waals surface area contributed by atoms with Crippen LogP contribution in [0.15, 0.2) is 0 Å². The Morgan fingerprint density at radius 1 is 1.17 bits per heavy atom. The summed E-state index contributed by atoms with van der Waals surface area (Å²) in [4.78, 5) is 0. The van der Waals surface area contributed by atoms with E-state index in [-0.39, 0.29) is 18.9 Å². The Balaban J connectivity index is 0. The maximum atomic E-state index is 5.20. The van der Waals surface area contributed by atoms with Gasteiger partial charge >= 0.3 is 18.9 Å². The van der Waals surface area contributed by atoms with Crippen LogP contribution >= 0.6 is 0 Å². The minimum absolute atomic E-state index is 0. The molecule has 2 nitrogen and oxygen atoms in total. The number of rotatable bonds is 8. The maximum Gasteiger partial charge on any atom is 1.00 e. The summed E-state index contributed by atoms with van der Waals surface area (Å²) in [6, 6.07) is 0. The molecule has 0 fully saturated rings. The molecule has 0 heterocycles. The fourth-order valence-electron chi connectivity index (χ4n) is 0.711. The van der Waals surface area contributed by atoms with Crippen LogP contribution in [0.5, 0.6) is 0 Å². The Labute approximate surface area is 88.2 Å². The minimum atomic E-state index is 0. The summed E-state index contributed by atoms with van der Waals surface area (Å²) in [5.74, 6) is 0. The van der Waals surface area contributed by atoms with Gasteiger partial charge in [0.15, 0.2) is 0 Å².